The maximum absolute atomic E-state index is 11.2. The van der Waals surface area contributed by atoms with Crippen LogP contribution in [0.25, 0.3) is 0 Å². The molecule has 0 aromatic rings. The molecule has 3 heteroatoms. The lowest BCUT2D eigenvalue weighted by molar-refractivity contribution is -0.143. The molecule has 0 radical (unpaired) electrons. The van der Waals surface area contributed by atoms with E-state index in [9.17, 15) is 4.79 Å². The van der Waals surface area contributed by atoms with E-state index < -0.39 is 0 Å². The molecule has 15 heavy (non-hydrogen) atoms. The molecular formula is C12H25NO2. The molecule has 0 fully saturated rings. The van der Waals surface area contributed by atoms with Crippen molar-refractivity contribution in [2.45, 2.75) is 46.5 Å². The number of esters is 1. The molecule has 0 aliphatic rings. The highest BCUT2D eigenvalue weighted by Crippen LogP contribution is 1.99. The molecule has 0 rings (SSSR count). The molecule has 0 bridgehead atoms. The molecule has 0 saturated heterocycles. The second kappa shape index (κ2) is 9.97. The average Bonchev–Trinajstić information content (AvgIpc) is 2.22. The van der Waals surface area contributed by atoms with Gasteiger partial charge in [-0.05, 0) is 32.9 Å². The van der Waals surface area contributed by atoms with Gasteiger partial charge < -0.3 is 9.64 Å². The summed E-state index contributed by atoms with van der Waals surface area (Å²) < 4.78 is 4.91. The minimum absolute atomic E-state index is 0.0740. The van der Waals surface area contributed by atoms with Crippen LogP contribution in [0.2, 0.25) is 0 Å². The molecule has 0 N–H and O–H groups in total. The number of carbonyl (C=O) groups is 1. The van der Waals surface area contributed by atoms with Crippen LogP contribution in [0.15, 0.2) is 0 Å². The summed E-state index contributed by atoms with van der Waals surface area (Å²) >= 11 is 0. The topological polar surface area (TPSA) is 29.5 Å². The Labute approximate surface area is 93.8 Å². The zero-order valence-corrected chi connectivity index (χ0v) is 10.4. The van der Waals surface area contributed by atoms with E-state index in [1.807, 2.05) is 6.92 Å². The highest BCUT2D eigenvalue weighted by Gasteiger charge is 2.07. The highest BCUT2D eigenvalue weighted by molar-refractivity contribution is 5.69. The molecular weight excluding hydrogens is 190 g/mol. The SMILES string of the molecule is CCCCN(CCC)CCC(=O)OCC. The van der Waals surface area contributed by atoms with E-state index in [0.29, 0.717) is 13.0 Å². The fourth-order valence-corrected chi connectivity index (χ4v) is 1.52. The third kappa shape index (κ3) is 8.43. The Morgan fingerprint density at radius 1 is 1.07 bits per heavy atom. The predicted octanol–water partition coefficient (Wildman–Crippen LogP) is 2.45. The molecule has 0 aromatic carbocycles. The van der Waals surface area contributed by atoms with Crippen molar-refractivity contribution in [3.8, 4) is 0 Å². The van der Waals surface area contributed by atoms with Gasteiger partial charge >= 0.3 is 5.97 Å². The summed E-state index contributed by atoms with van der Waals surface area (Å²) in [5, 5.41) is 0. The first-order valence-corrected chi connectivity index (χ1v) is 6.12. The van der Waals surface area contributed by atoms with Crippen LogP contribution in [-0.4, -0.2) is 37.1 Å². The van der Waals surface area contributed by atoms with Gasteiger partial charge in [-0.1, -0.05) is 20.3 Å². The van der Waals surface area contributed by atoms with Gasteiger partial charge in [0.15, 0.2) is 0 Å². The lowest BCUT2D eigenvalue weighted by Crippen LogP contribution is -2.28. The Hall–Kier alpha value is -0.570. The van der Waals surface area contributed by atoms with Gasteiger partial charge in [-0.3, -0.25) is 4.79 Å². The van der Waals surface area contributed by atoms with Gasteiger partial charge in [0.2, 0.25) is 0 Å². The third-order valence-corrected chi connectivity index (χ3v) is 2.31. The van der Waals surface area contributed by atoms with Crippen LogP contribution < -0.4 is 0 Å². The van der Waals surface area contributed by atoms with E-state index in [1.165, 1.54) is 12.8 Å². The van der Waals surface area contributed by atoms with Crippen LogP contribution in [0.5, 0.6) is 0 Å². The van der Waals surface area contributed by atoms with Gasteiger partial charge in [0.05, 0.1) is 13.0 Å². The zero-order chi connectivity index (χ0) is 11.5. The average molecular weight is 215 g/mol. The van der Waals surface area contributed by atoms with Crippen LogP contribution in [0.1, 0.15) is 46.5 Å². The monoisotopic (exact) mass is 215 g/mol. The first-order chi connectivity index (χ1) is 7.24. The van der Waals surface area contributed by atoms with Gasteiger partial charge in [0, 0.05) is 6.54 Å². The van der Waals surface area contributed by atoms with Crippen molar-refractivity contribution in [2.75, 3.05) is 26.2 Å². The van der Waals surface area contributed by atoms with Crippen LogP contribution in [0, 0.1) is 0 Å². The van der Waals surface area contributed by atoms with Gasteiger partial charge in [-0.15, -0.1) is 0 Å². The van der Waals surface area contributed by atoms with Crippen LogP contribution >= 0.6 is 0 Å². The number of ether oxygens (including phenoxy) is 1. The molecule has 90 valence electrons. The molecule has 0 aliphatic heterocycles. The summed E-state index contributed by atoms with van der Waals surface area (Å²) in [4.78, 5) is 13.5. The summed E-state index contributed by atoms with van der Waals surface area (Å²) in [6.45, 7) is 9.72. The van der Waals surface area contributed by atoms with Crippen molar-refractivity contribution >= 4 is 5.97 Å². The van der Waals surface area contributed by atoms with Crippen molar-refractivity contribution in [3.05, 3.63) is 0 Å². The van der Waals surface area contributed by atoms with E-state index in [0.717, 1.165) is 26.1 Å². The third-order valence-electron chi connectivity index (χ3n) is 2.31. The number of carbonyl (C=O) groups excluding carboxylic acids is 1. The number of unbranched alkanes of at least 4 members (excludes halogenated alkanes) is 1. The number of hydrogen-bond acceptors (Lipinski definition) is 3. The predicted molar refractivity (Wildman–Crippen MR) is 62.9 cm³/mol. The lowest BCUT2D eigenvalue weighted by Gasteiger charge is -2.20. The maximum atomic E-state index is 11.2. The van der Waals surface area contributed by atoms with Crippen molar-refractivity contribution in [2.24, 2.45) is 0 Å². The van der Waals surface area contributed by atoms with Crippen molar-refractivity contribution < 1.29 is 9.53 Å². The minimum Gasteiger partial charge on any atom is -0.466 e. The van der Waals surface area contributed by atoms with E-state index in [2.05, 4.69) is 18.7 Å². The van der Waals surface area contributed by atoms with Gasteiger partial charge in [0.25, 0.3) is 0 Å². The molecule has 0 unspecified atom stereocenters. The van der Waals surface area contributed by atoms with Crippen molar-refractivity contribution in [3.63, 3.8) is 0 Å². The largest absolute Gasteiger partial charge is 0.466 e. The van der Waals surface area contributed by atoms with Gasteiger partial charge in [-0.2, -0.15) is 0 Å². The molecule has 0 heterocycles. The number of hydrogen-bond donors (Lipinski definition) is 0. The Kier molecular flexibility index (Phi) is 9.59. The van der Waals surface area contributed by atoms with Crippen LogP contribution in [0.3, 0.4) is 0 Å². The summed E-state index contributed by atoms with van der Waals surface area (Å²) in [7, 11) is 0. The summed E-state index contributed by atoms with van der Waals surface area (Å²) in [6, 6.07) is 0. The standard InChI is InChI=1S/C12H25NO2/c1-4-7-10-13(9-5-2)11-8-12(14)15-6-3/h4-11H2,1-3H3. The Morgan fingerprint density at radius 3 is 2.33 bits per heavy atom. The van der Waals surface area contributed by atoms with Crippen LogP contribution in [-0.2, 0) is 9.53 Å². The first kappa shape index (κ1) is 14.4. The summed E-state index contributed by atoms with van der Waals surface area (Å²) in [5.74, 6) is -0.0740. The quantitative estimate of drug-likeness (QED) is 0.553. The molecule has 0 aliphatic carbocycles. The van der Waals surface area contributed by atoms with Crippen molar-refractivity contribution in [1.82, 2.24) is 4.90 Å². The smallest absolute Gasteiger partial charge is 0.307 e. The Balaban J connectivity index is 3.68. The first-order valence-electron chi connectivity index (χ1n) is 6.12. The second-order valence-electron chi connectivity index (χ2n) is 3.75. The Morgan fingerprint density at radius 2 is 1.80 bits per heavy atom. The van der Waals surface area contributed by atoms with Gasteiger partial charge in [-0.25, -0.2) is 0 Å². The van der Waals surface area contributed by atoms with E-state index in [-0.39, 0.29) is 5.97 Å². The van der Waals surface area contributed by atoms with Crippen molar-refractivity contribution in [1.29, 1.82) is 0 Å². The number of nitrogens with zero attached hydrogens (tertiary/aromatic N) is 1. The highest BCUT2D eigenvalue weighted by atomic mass is 16.5. The molecule has 0 saturated carbocycles. The molecule has 0 spiro atoms. The number of rotatable bonds is 9. The molecule has 0 aromatic heterocycles. The molecule has 0 amide bonds. The molecule has 0 atom stereocenters. The fraction of sp³-hybridized carbons (Fsp3) is 0.917. The second-order valence-corrected chi connectivity index (χ2v) is 3.75. The summed E-state index contributed by atoms with van der Waals surface area (Å²) in [5.41, 5.74) is 0. The van der Waals surface area contributed by atoms with Crippen LogP contribution in [0.4, 0.5) is 0 Å². The fourth-order valence-electron chi connectivity index (χ4n) is 1.52. The maximum Gasteiger partial charge on any atom is 0.307 e. The Bertz CT molecular complexity index is 160. The normalized spacial score (nSPS) is 10.7. The molecule has 3 nitrogen and oxygen atoms in total. The van der Waals surface area contributed by atoms with E-state index >= 15 is 0 Å². The lowest BCUT2D eigenvalue weighted by atomic mass is 10.3. The van der Waals surface area contributed by atoms with Gasteiger partial charge in [0.1, 0.15) is 0 Å². The van der Waals surface area contributed by atoms with E-state index in [4.69, 9.17) is 4.74 Å². The summed E-state index contributed by atoms with van der Waals surface area (Å²) in [6.07, 6.45) is 4.09. The minimum atomic E-state index is -0.0740. The zero-order valence-electron chi connectivity index (χ0n) is 10.4. The van der Waals surface area contributed by atoms with E-state index in [1.54, 1.807) is 0 Å².